The van der Waals surface area contributed by atoms with Crippen LogP contribution in [0.3, 0.4) is 0 Å². The van der Waals surface area contributed by atoms with Gasteiger partial charge in [0.05, 0.1) is 6.10 Å². The number of nitrogens with zero attached hydrogens (tertiary/aromatic N) is 2. The number of ether oxygens (including phenoxy) is 1. The molecule has 2 aliphatic carbocycles. The van der Waals surface area contributed by atoms with E-state index in [1.54, 1.807) is 0 Å². The maximum Gasteiger partial charge on any atom is 0.194 e. The molecular weight excluding hydrogens is 377 g/mol. The van der Waals surface area contributed by atoms with Crippen LogP contribution in [-0.4, -0.2) is 49.2 Å². The summed E-state index contributed by atoms with van der Waals surface area (Å²) in [5, 5.41) is 3.77. The Bertz CT molecular complexity index is 365. The fourth-order valence-corrected chi connectivity index (χ4v) is 4.11. The number of hydrogen-bond donors (Lipinski definition) is 1. The average molecular weight is 407 g/mol. The number of rotatable bonds is 4. The van der Waals surface area contributed by atoms with Crippen LogP contribution in [0.4, 0.5) is 0 Å². The second-order valence-electron chi connectivity index (χ2n) is 6.46. The lowest BCUT2D eigenvalue weighted by molar-refractivity contribution is -0.168. The van der Waals surface area contributed by atoms with E-state index in [9.17, 15) is 0 Å². The van der Waals surface area contributed by atoms with Gasteiger partial charge in [-0.1, -0.05) is 6.42 Å². The van der Waals surface area contributed by atoms with Gasteiger partial charge in [0, 0.05) is 37.7 Å². The van der Waals surface area contributed by atoms with E-state index in [-0.39, 0.29) is 24.0 Å². The highest BCUT2D eigenvalue weighted by molar-refractivity contribution is 14.0. The number of hydrogen-bond acceptors (Lipinski definition) is 2. The summed E-state index contributed by atoms with van der Waals surface area (Å²) in [7, 11) is 0. The molecule has 0 amide bonds. The summed E-state index contributed by atoms with van der Waals surface area (Å²) in [4.78, 5) is 7.15. The molecule has 3 aliphatic rings. The van der Waals surface area contributed by atoms with E-state index in [0.717, 1.165) is 25.5 Å². The second-order valence-corrected chi connectivity index (χ2v) is 6.46. The van der Waals surface area contributed by atoms with Crippen molar-refractivity contribution < 1.29 is 4.74 Å². The number of halogens is 1. The number of likely N-dealkylation sites (tertiary alicyclic amines) is 1. The molecule has 21 heavy (non-hydrogen) atoms. The molecule has 2 unspecified atom stereocenters. The summed E-state index contributed by atoms with van der Waals surface area (Å²) in [6, 6.07) is 0.582. The van der Waals surface area contributed by atoms with E-state index < -0.39 is 0 Å². The first-order valence-electron chi connectivity index (χ1n) is 8.47. The minimum absolute atomic E-state index is 0. The lowest BCUT2D eigenvalue weighted by Gasteiger charge is -2.61. The molecule has 0 bridgehead atoms. The van der Waals surface area contributed by atoms with E-state index >= 15 is 0 Å². The normalized spacial score (nSPS) is 30.6. The Hall–Kier alpha value is -0.0400. The first-order valence-corrected chi connectivity index (χ1v) is 8.47. The average Bonchev–Trinajstić information content (AvgIpc) is 2.88. The van der Waals surface area contributed by atoms with Gasteiger partial charge in [0.1, 0.15) is 0 Å². The molecule has 3 fully saturated rings. The van der Waals surface area contributed by atoms with Gasteiger partial charge in [0.2, 0.25) is 0 Å². The van der Waals surface area contributed by atoms with Gasteiger partial charge in [0.15, 0.2) is 5.96 Å². The summed E-state index contributed by atoms with van der Waals surface area (Å²) in [6.07, 6.45) is 8.28. The Kier molecular flexibility index (Phi) is 6.17. The first-order chi connectivity index (χ1) is 9.80. The van der Waals surface area contributed by atoms with Gasteiger partial charge in [-0.05, 0) is 46.0 Å². The van der Waals surface area contributed by atoms with Gasteiger partial charge in [-0.25, -0.2) is 0 Å². The standard InChI is InChI=1S/C16H29N3O.HI/c1-3-17-15(19-10-5-6-11-19)18-13-12-14(20-4-2)16(13)8-7-9-16;/h13-14H,3-12H2,1-2H3,(H,17,18);1H. The van der Waals surface area contributed by atoms with Crippen LogP contribution in [-0.2, 0) is 4.74 Å². The van der Waals surface area contributed by atoms with Crippen molar-refractivity contribution in [2.24, 2.45) is 10.4 Å². The molecule has 5 heteroatoms. The van der Waals surface area contributed by atoms with Gasteiger partial charge in [-0.3, -0.25) is 4.99 Å². The molecule has 1 aliphatic heterocycles. The van der Waals surface area contributed by atoms with Crippen molar-refractivity contribution >= 4 is 29.9 Å². The Balaban J connectivity index is 0.00000161. The quantitative estimate of drug-likeness (QED) is 0.442. The first kappa shape index (κ1) is 17.3. The molecule has 1 heterocycles. The van der Waals surface area contributed by atoms with E-state index in [0.29, 0.717) is 17.6 Å². The number of nitrogens with one attached hydrogen (secondary N) is 1. The van der Waals surface area contributed by atoms with E-state index in [1.165, 1.54) is 45.2 Å². The third kappa shape index (κ3) is 3.19. The summed E-state index contributed by atoms with van der Waals surface area (Å²) in [5.74, 6) is 1.15. The van der Waals surface area contributed by atoms with Gasteiger partial charge in [-0.15, -0.1) is 24.0 Å². The highest BCUT2D eigenvalue weighted by Gasteiger charge is 2.59. The van der Waals surface area contributed by atoms with Crippen molar-refractivity contribution in [2.75, 3.05) is 26.2 Å². The van der Waals surface area contributed by atoms with Crippen LogP contribution in [0.15, 0.2) is 4.99 Å². The SMILES string of the molecule is CCN=C(NC1CC(OCC)C12CCC2)N1CCCC1.I. The van der Waals surface area contributed by atoms with Crippen molar-refractivity contribution in [1.29, 1.82) is 0 Å². The predicted octanol–water partition coefficient (Wildman–Crippen LogP) is 3.01. The Labute approximate surface area is 146 Å². The third-order valence-corrected chi connectivity index (χ3v) is 5.45. The van der Waals surface area contributed by atoms with E-state index in [1.807, 2.05) is 0 Å². The Morgan fingerprint density at radius 2 is 1.95 bits per heavy atom. The van der Waals surface area contributed by atoms with Gasteiger partial charge >= 0.3 is 0 Å². The minimum Gasteiger partial charge on any atom is -0.378 e. The van der Waals surface area contributed by atoms with E-state index in [4.69, 9.17) is 9.73 Å². The van der Waals surface area contributed by atoms with Crippen molar-refractivity contribution in [1.82, 2.24) is 10.2 Å². The molecule has 122 valence electrons. The highest BCUT2D eigenvalue weighted by atomic mass is 127. The zero-order valence-electron chi connectivity index (χ0n) is 13.4. The molecule has 0 aromatic rings. The summed E-state index contributed by atoms with van der Waals surface area (Å²) < 4.78 is 5.94. The molecule has 1 spiro atoms. The molecular formula is C16H30IN3O. The van der Waals surface area contributed by atoms with Crippen molar-refractivity contribution in [3.8, 4) is 0 Å². The molecule has 2 atom stereocenters. The van der Waals surface area contributed by atoms with Crippen molar-refractivity contribution in [2.45, 2.75) is 64.5 Å². The Morgan fingerprint density at radius 3 is 2.48 bits per heavy atom. The highest BCUT2D eigenvalue weighted by Crippen LogP contribution is 2.57. The van der Waals surface area contributed by atoms with Gasteiger partial charge in [0.25, 0.3) is 0 Å². The topological polar surface area (TPSA) is 36.9 Å². The molecule has 3 rings (SSSR count). The van der Waals surface area contributed by atoms with Gasteiger partial charge < -0.3 is 15.0 Å². The lowest BCUT2D eigenvalue weighted by atomic mass is 9.51. The fourth-order valence-electron chi connectivity index (χ4n) is 4.11. The minimum atomic E-state index is 0. The summed E-state index contributed by atoms with van der Waals surface area (Å²) in [5.41, 5.74) is 0.421. The van der Waals surface area contributed by atoms with Crippen LogP contribution in [0.25, 0.3) is 0 Å². The Morgan fingerprint density at radius 1 is 1.24 bits per heavy atom. The van der Waals surface area contributed by atoms with Crippen LogP contribution in [0.2, 0.25) is 0 Å². The monoisotopic (exact) mass is 407 g/mol. The summed E-state index contributed by atoms with van der Waals surface area (Å²) >= 11 is 0. The molecule has 4 nitrogen and oxygen atoms in total. The summed E-state index contributed by atoms with van der Waals surface area (Å²) in [6.45, 7) is 8.29. The molecule has 1 N–H and O–H groups in total. The molecule has 0 aromatic carbocycles. The molecule has 0 aromatic heterocycles. The van der Waals surface area contributed by atoms with Crippen LogP contribution >= 0.6 is 24.0 Å². The van der Waals surface area contributed by atoms with Crippen LogP contribution in [0.5, 0.6) is 0 Å². The van der Waals surface area contributed by atoms with E-state index in [2.05, 4.69) is 24.1 Å². The van der Waals surface area contributed by atoms with Crippen LogP contribution < -0.4 is 5.32 Å². The van der Waals surface area contributed by atoms with Crippen molar-refractivity contribution in [3.63, 3.8) is 0 Å². The molecule has 2 saturated carbocycles. The third-order valence-electron chi connectivity index (χ3n) is 5.45. The number of guanidine groups is 1. The smallest absolute Gasteiger partial charge is 0.194 e. The zero-order chi connectivity index (χ0) is 14.0. The fraction of sp³-hybridized carbons (Fsp3) is 0.938. The molecule has 0 radical (unpaired) electrons. The number of aliphatic imine (C=N–C) groups is 1. The van der Waals surface area contributed by atoms with Crippen molar-refractivity contribution in [3.05, 3.63) is 0 Å². The maximum absolute atomic E-state index is 5.94. The zero-order valence-corrected chi connectivity index (χ0v) is 15.8. The largest absolute Gasteiger partial charge is 0.378 e. The van der Waals surface area contributed by atoms with Gasteiger partial charge in [-0.2, -0.15) is 0 Å². The van der Waals surface area contributed by atoms with Crippen LogP contribution in [0, 0.1) is 5.41 Å². The molecule has 1 saturated heterocycles. The maximum atomic E-state index is 5.94. The second kappa shape index (κ2) is 7.49. The lowest BCUT2D eigenvalue weighted by Crippen LogP contribution is -2.68. The van der Waals surface area contributed by atoms with Crippen LogP contribution in [0.1, 0.15) is 52.4 Å². The predicted molar refractivity (Wildman–Crippen MR) is 97.4 cm³/mol.